The van der Waals surface area contributed by atoms with Crippen LogP contribution in [0, 0.1) is 5.82 Å². The van der Waals surface area contributed by atoms with E-state index in [4.69, 9.17) is 16.2 Å². The van der Waals surface area contributed by atoms with Crippen LogP contribution in [0.15, 0.2) is 24.3 Å². The number of nitrogens with zero attached hydrogens (tertiary/aromatic N) is 3. The molecule has 0 radical (unpaired) electrons. The van der Waals surface area contributed by atoms with Gasteiger partial charge in [0.05, 0.1) is 5.41 Å². The zero-order valence-electron chi connectivity index (χ0n) is 13.0. The Morgan fingerprint density at radius 3 is 2.25 bits per heavy atom. The maximum Gasteiger partial charge on any atom is 0.317 e. The van der Waals surface area contributed by atoms with E-state index in [-0.39, 0.29) is 36.1 Å². The molecule has 1 heterocycles. The summed E-state index contributed by atoms with van der Waals surface area (Å²) in [5, 5.41) is 0. The molecule has 8 heteroatoms. The first-order valence-electron chi connectivity index (χ1n) is 7.69. The molecule has 24 heavy (non-hydrogen) atoms. The normalized spacial score (nSPS) is 16.0. The van der Waals surface area contributed by atoms with Gasteiger partial charge < -0.3 is 16.2 Å². The average molecular weight is 331 g/mol. The predicted octanol–water partition coefficient (Wildman–Crippen LogP) is 1.73. The van der Waals surface area contributed by atoms with Crippen molar-refractivity contribution in [3.63, 3.8) is 0 Å². The van der Waals surface area contributed by atoms with Crippen LogP contribution in [0.4, 0.5) is 16.3 Å². The number of rotatable bonds is 4. The van der Waals surface area contributed by atoms with E-state index in [0.29, 0.717) is 12.8 Å². The minimum absolute atomic E-state index is 0.0253. The highest BCUT2D eigenvalue weighted by atomic mass is 19.1. The minimum Gasteiger partial charge on any atom is -0.457 e. The molecule has 0 unspecified atom stereocenters. The van der Waals surface area contributed by atoms with E-state index >= 15 is 0 Å². The Morgan fingerprint density at radius 2 is 1.67 bits per heavy atom. The maximum atomic E-state index is 13.2. The molecule has 2 aromatic rings. The quantitative estimate of drug-likeness (QED) is 0.819. The molecule has 0 aliphatic heterocycles. The van der Waals surface area contributed by atoms with E-state index in [9.17, 15) is 9.18 Å². The molecule has 4 N–H and O–H groups in total. The monoisotopic (exact) mass is 331 g/mol. The van der Waals surface area contributed by atoms with Crippen LogP contribution in [0.5, 0.6) is 0 Å². The van der Waals surface area contributed by atoms with Gasteiger partial charge in [0.1, 0.15) is 5.82 Å². The molecular formula is C16H18FN5O2. The van der Waals surface area contributed by atoms with E-state index in [1.54, 1.807) is 12.1 Å². The van der Waals surface area contributed by atoms with Gasteiger partial charge >= 0.3 is 5.97 Å². The fourth-order valence-electron chi connectivity index (χ4n) is 3.15. The molecule has 3 rings (SSSR count). The molecule has 1 aliphatic rings. The highest BCUT2D eigenvalue weighted by molar-refractivity contribution is 5.83. The molecule has 0 bridgehead atoms. The second kappa shape index (κ2) is 6.38. The van der Waals surface area contributed by atoms with Gasteiger partial charge in [0.15, 0.2) is 12.4 Å². The summed E-state index contributed by atoms with van der Waals surface area (Å²) >= 11 is 0. The van der Waals surface area contributed by atoms with Crippen LogP contribution in [0.2, 0.25) is 0 Å². The van der Waals surface area contributed by atoms with Crippen LogP contribution in [0.1, 0.15) is 37.1 Å². The highest BCUT2D eigenvalue weighted by Gasteiger charge is 2.44. The molecule has 1 aromatic carbocycles. The molecular weight excluding hydrogens is 313 g/mol. The maximum absolute atomic E-state index is 13.2. The number of hydrogen-bond acceptors (Lipinski definition) is 7. The van der Waals surface area contributed by atoms with Crippen LogP contribution in [-0.4, -0.2) is 20.9 Å². The first kappa shape index (κ1) is 16.1. The van der Waals surface area contributed by atoms with Gasteiger partial charge in [0.2, 0.25) is 11.9 Å². The lowest BCUT2D eigenvalue weighted by Gasteiger charge is -2.27. The van der Waals surface area contributed by atoms with E-state index < -0.39 is 5.41 Å². The average Bonchev–Trinajstić information content (AvgIpc) is 3.03. The number of esters is 1. The molecule has 0 amide bonds. The number of nitrogen functional groups attached to an aromatic ring is 2. The first-order valence-corrected chi connectivity index (χ1v) is 7.69. The van der Waals surface area contributed by atoms with Gasteiger partial charge in [-0.15, -0.1) is 0 Å². The third kappa shape index (κ3) is 3.12. The van der Waals surface area contributed by atoms with Crippen molar-refractivity contribution in [2.24, 2.45) is 0 Å². The third-order valence-electron chi connectivity index (χ3n) is 4.29. The number of nitrogens with two attached hydrogens (primary N) is 2. The molecule has 1 aliphatic carbocycles. The Labute approximate surface area is 138 Å². The second-order valence-corrected chi connectivity index (χ2v) is 5.84. The summed E-state index contributed by atoms with van der Waals surface area (Å²) < 4.78 is 18.6. The van der Waals surface area contributed by atoms with Crippen molar-refractivity contribution < 1.29 is 13.9 Å². The van der Waals surface area contributed by atoms with E-state index in [1.165, 1.54) is 12.1 Å². The molecule has 1 saturated carbocycles. The van der Waals surface area contributed by atoms with Gasteiger partial charge in [-0.05, 0) is 30.5 Å². The largest absolute Gasteiger partial charge is 0.457 e. The fraction of sp³-hybridized carbons (Fsp3) is 0.375. The molecule has 0 spiro atoms. The van der Waals surface area contributed by atoms with Gasteiger partial charge in [0.25, 0.3) is 0 Å². The Bertz CT molecular complexity index is 724. The van der Waals surface area contributed by atoms with Gasteiger partial charge in [-0.25, -0.2) is 4.39 Å². The van der Waals surface area contributed by atoms with E-state index in [1.807, 2.05) is 0 Å². The number of benzene rings is 1. The summed E-state index contributed by atoms with van der Waals surface area (Å²) in [6.07, 6.45) is 3.16. The lowest BCUT2D eigenvalue weighted by molar-refractivity contribution is -0.152. The molecule has 1 fully saturated rings. The Hall–Kier alpha value is -2.77. The number of hydrogen-bond donors (Lipinski definition) is 2. The van der Waals surface area contributed by atoms with Gasteiger partial charge in [0, 0.05) is 0 Å². The standard InChI is InChI=1S/C16H18FN5O2/c17-11-5-3-10(4-6-11)16(7-1-2-8-16)13(23)24-9-12-20-14(18)22-15(19)21-12/h3-6H,1-2,7-9H2,(H4,18,19,20,21,22). The first-order chi connectivity index (χ1) is 11.5. The number of carbonyl (C=O) groups excluding carboxylic acids is 1. The molecule has 126 valence electrons. The molecule has 1 aromatic heterocycles. The van der Waals surface area contributed by atoms with Crippen LogP contribution >= 0.6 is 0 Å². The van der Waals surface area contributed by atoms with Gasteiger partial charge in [-0.3, -0.25) is 4.79 Å². The van der Waals surface area contributed by atoms with Crippen molar-refractivity contribution in [1.82, 2.24) is 15.0 Å². The fourth-order valence-corrected chi connectivity index (χ4v) is 3.15. The topological polar surface area (TPSA) is 117 Å². The smallest absolute Gasteiger partial charge is 0.317 e. The zero-order valence-corrected chi connectivity index (χ0v) is 13.0. The van der Waals surface area contributed by atoms with Crippen molar-refractivity contribution in [3.8, 4) is 0 Å². The summed E-state index contributed by atoms with van der Waals surface area (Å²) in [6, 6.07) is 5.99. The number of ether oxygens (including phenoxy) is 1. The summed E-state index contributed by atoms with van der Waals surface area (Å²) in [7, 11) is 0. The third-order valence-corrected chi connectivity index (χ3v) is 4.29. The molecule has 7 nitrogen and oxygen atoms in total. The van der Waals surface area contributed by atoms with Crippen LogP contribution < -0.4 is 11.5 Å². The summed E-state index contributed by atoms with van der Waals surface area (Å²) in [5.74, 6) is -0.563. The van der Waals surface area contributed by atoms with E-state index in [0.717, 1.165) is 18.4 Å². The van der Waals surface area contributed by atoms with Crippen LogP contribution in [0.3, 0.4) is 0 Å². The predicted molar refractivity (Wildman–Crippen MR) is 85.0 cm³/mol. The number of anilines is 2. The zero-order chi connectivity index (χ0) is 17.2. The number of carbonyl (C=O) groups is 1. The van der Waals surface area contributed by atoms with Gasteiger partial charge in [-0.1, -0.05) is 25.0 Å². The number of aromatic nitrogens is 3. The highest BCUT2D eigenvalue weighted by Crippen LogP contribution is 2.42. The van der Waals surface area contributed by atoms with Crippen molar-refractivity contribution in [1.29, 1.82) is 0 Å². The van der Waals surface area contributed by atoms with Crippen molar-refractivity contribution in [3.05, 3.63) is 41.5 Å². The summed E-state index contributed by atoms with van der Waals surface area (Å²) in [5.41, 5.74) is 11.0. The SMILES string of the molecule is Nc1nc(N)nc(COC(=O)C2(c3ccc(F)cc3)CCCC2)n1. The van der Waals surface area contributed by atoms with Crippen molar-refractivity contribution >= 4 is 17.9 Å². The second-order valence-electron chi connectivity index (χ2n) is 5.84. The number of halogens is 1. The minimum atomic E-state index is -0.752. The van der Waals surface area contributed by atoms with Gasteiger partial charge in [-0.2, -0.15) is 15.0 Å². The Morgan fingerprint density at radius 1 is 1.08 bits per heavy atom. The van der Waals surface area contributed by atoms with Crippen molar-refractivity contribution in [2.45, 2.75) is 37.7 Å². The molecule has 0 saturated heterocycles. The van der Waals surface area contributed by atoms with Crippen LogP contribution in [0.25, 0.3) is 0 Å². The Kier molecular flexibility index (Phi) is 4.28. The summed E-state index contributed by atoms with van der Waals surface area (Å²) in [6.45, 7) is -0.140. The van der Waals surface area contributed by atoms with E-state index in [2.05, 4.69) is 15.0 Å². The molecule has 0 atom stereocenters. The van der Waals surface area contributed by atoms with Crippen LogP contribution in [-0.2, 0) is 21.6 Å². The van der Waals surface area contributed by atoms with Crippen molar-refractivity contribution in [2.75, 3.05) is 11.5 Å². The lowest BCUT2D eigenvalue weighted by atomic mass is 9.79. The summed E-state index contributed by atoms with van der Waals surface area (Å²) in [4.78, 5) is 24.2. The Balaban J connectivity index is 1.79. The lowest BCUT2D eigenvalue weighted by Crippen LogP contribution is -2.34.